The van der Waals surface area contributed by atoms with Gasteiger partial charge in [0.15, 0.2) is 0 Å². The number of hydrogen-bond donors (Lipinski definition) is 1. The monoisotopic (exact) mass is 259 g/mol. The van der Waals surface area contributed by atoms with Gasteiger partial charge in [0, 0.05) is 30.0 Å². The average Bonchev–Trinajstić information content (AvgIpc) is 2.80. The molecule has 1 atom stereocenters. The topological polar surface area (TPSA) is 25.2 Å². The van der Waals surface area contributed by atoms with Crippen LogP contribution in [0.1, 0.15) is 51.4 Å². The predicted octanol–water partition coefficient (Wildman–Crippen LogP) is 4.66. The van der Waals surface area contributed by atoms with E-state index in [1.165, 1.54) is 30.2 Å². The molecule has 1 N–H and O–H groups in total. The van der Waals surface area contributed by atoms with Crippen molar-refractivity contribution in [3.63, 3.8) is 0 Å². The van der Waals surface area contributed by atoms with Gasteiger partial charge in [0.05, 0.1) is 0 Å². The van der Waals surface area contributed by atoms with Crippen LogP contribution in [0.4, 0.5) is 0 Å². The molecular weight excluding hydrogens is 234 g/mol. The first-order valence-electron chi connectivity index (χ1n) is 7.48. The number of aryl methyl sites for hydroxylation is 1. The van der Waals surface area contributed by atoms with E-state index in [9.17, 15) is 0 Å². The Labute approximate surface area is 116 Å². The van der Waals surface area contributed by atoms with Gasteiger partial charge in [0.2, 0.25) is 0 Å². The van der Waals surface area contributed by atoms with Crippen LogP contribution in [-0.4, -0.2) is 6.04 Å². The molecule has 2 heteroatoms. The van der Waals surface area contributed by atoms with Crippen molar-refractivity contribution in [2.75, 3.05) is 0 Å². The summed E-state index contributed by atoms with van der Waals surface area (Å²) in [7, 11) is 0. The minimum atomic E-state index is 0.568. The molecule has 1 aromatic carbocycles. The Kier molecular flexibility index (Phi) is 5.03. The number of furan rings is 1. The number of para-hydroxylation sites is 1. The fraction of sp³-hybridized carbons (Fsp3) is 0.529. The summed E-state index contributed by atoms with van der Waals surface area (Å²) in [5.74, 6) is 1.12. The molecule has 2 rings (SSSR count). The lowest BCUT2D eigenvalue weighted by molar-refractivity contribution is 0.486. The fourth-order valence-corrected chi connectivity index (χ4v) is 2.52. The molecule has 1 aromatic heterocycles. The van der Waals surface area contributed by atoms with Gasteiger partial charge in [0.25, 0.3) is 0 Å². The number of fused-ring (bicyclic) bond motifs is 1. The van der Waals surface area contributed by atoms with Crippen molar-refractivity contribution < 1.29 is 4.42 Å². The summed E-state index contributed by atoms with van der Waals surface area (Å²) < 4.78 is 5.92. The van der Waals surface area contributed by atoms with E-state index in [0.29, 0.717) is 6.04 Å². The molecule has 1 unspecified atom stereocenters. The van der Waals surface area contributed by atoms with Crippen LogP contribution in [0.3, 0.4) is 0 Å². The number of nitrogens with one attached hydrogen (secondary N) is 1. The zero-order valence-corrected chi connectivity index (χ0v) is 12.3. The molecule has 0 spiro atoms. The summed E-state index contributed by atoms with van der Waals surface area (Å²) in [6, 6.07) is 8.90. The van der Waals surface area contributed by atoms with Crippen LogP contribution in [-0.2, 0) is 13.0 Å². The highest BCUT2D eigenvalue weighted by Gasteiger charge is 2.12. The van der Waals surface area contributed by atoms with E-state index in [2.05, 4.69) is 44.3 Å². The molecule has 0 saturated heterocycles. The summed E-state index contributed by atoms with van der Waals surface area (Å²) in [6.07, 6.45) is 4.75. The second-order valence-corrected chi connectivity index (χ2v) is 5.28. The van der Waals surface area contributed by atoms with Gasteiger partial charge in [-0.25, -0.2) is 0 Å². The molecule has 0 aliphatic heterocycles. The molecule has 0 amide bonds. The minimum Gasteiger partial charge on any atom is -0.461 e. The van der Waals surface area contributed by atoms with Crippen LogP contribution in [0.15, 0.2) is 28.7 Å². The first-order chi connectivity index (χ1) is 9.26. The fourth-order valence-electron chi connectivity index (χ4n) is 2.52. The summed E-state index contributed by atoms with van der Waals surface area (Å²) in [5, 5.41) is 4.89. The number of benzene rings is 1. The number of rotatable bonds is 7. The Bertz CT molecular complexity index is 515. The van der Waals surface area contributed by atoms with Gasteiger partial charge >= 0.3 is 0 Å². The van der Waals surface area contributed by atoms with Gasteiger partial charge in [-0.05, 0) is 19.4 Å². The van der Waals surface area contributed by atoms with E-state index in [0.717, 1.165) is 24.3 Å². The minimum absolute atomic E-state index is 0.568. The Morgan fingerprint density at radius 3 is 2.74 bits per heavy atom. The van der Waals surface area contributed by atoms with Crippen LogP contribution in [0.5, 0.6) is 0 Å². The maximum Gasteiger partial charge on any atom is 0.134 e. The van der Waals surface area contributed by atoms with Crippen LogP contribution in [0, 0.1) is 0 Å². The Balaban J connectivity index is 2.10. The lowest BCUT2D eigenvalue weighted by Crippen LogP contribution is -2.25. The summed E-state index contributed by atoms with van der Waals surface area (Å²) in [6.45, 7) is 7.57. The Hall–Kier alpha value is -1.28. The van der Waals surface area contributed by atoms with Crippen molar-refractivity contribution in [1.82, 2.24) is 5.32 Å². The first-order valence-corrected chi connectivity index (χ1v) is 7.48. The van der Waals surface area contributed by atoms with Gasteiger partial charge in [-0.1, -0.05) is 44.9 Å². The van der Waals surface area contributed by atoms with E-state index in [4.69, 9.17) is 4.42 Å². The third-order valence-electron chi connectivity index (χ3n) is 3.72. The van der Waals surface area contributed by atoms with E-state index >= 15 is 0 Å². The molecule has 0 aliphatic rings. The molecule has 0 aliphatic carbocycles. The second kappa shape index (κ2) is 6.76. The molecule has 104 valence electrons. The smallest absolute Gasteiger partial charge is 0.134 e. The molecule has 0 bridgehead atoms. The number of hydrogen-bond acceptors (Lipinski definition) is 2. The third-order valence-corrected chi connectivity index (χ3v) is 3.72. The van der Waals surface area contributed by atoms with Crippen LogP contribution >= 0.6 is 0 Å². The van der Waals surface area contributed by atoms with Gasteiger partial charge in [-0.15, -0.1) is 0 Å². The summed E-state index contributed by atoms with van der Waals surface area (Å²) in [5.41, 5.74) is 2.35. The molecular formula is C17H25NO. The van der Waals surface area contributed by atoms with E-state index in [1.807, 2.05) is 6.07 Å². The van der Waals surface area contributed by atoms with Gasteiger partial charge in [-0.3, -0.25) is 0 Å². The molecule has 0 saturated carbocycles. The van der Waals surface area contributed by atoms with Gasteiger partial charge in [0.1, 0.15) is 11.3 Å². The second-order valence-electron chi connectivity index (χ2n) is 5.28. The molecule has 0 radical (unpaired) electrons. The largest absolute Gasteiger partial charge is 0.461 e. The predicted molar refractivity (Wildman–Crippen MR) is 81.4 cm³/mol. The van der Waals surface area contributed by atoms with Gasteiger partial charge in [-0.2, -0.15) is 0 Å². The SMILES string of the molecule is CCCCC(C)NCc1c(CC)oc2ccccc12. The molecule has 2 aromatic rings. The molecule has 0 fully saturated rings. The highest BCUT2D eigenvalue weighted by molar-refractivity contribution is 5.82. The lowest BCUT2D eigenvalue weighted by Gasteiger charge is -2.13. The quantitative estimate of drug-likeness (QED) is 0.782. The van der Waals surface area contributed by atoms with Crippen molar-refractivity contribution in [1.29, 1.82) is 0 Å². The van der Waals surface area contributed by atoms with Crippen molar-refractivity contribution in [3.05, 3.63) is 35.6 Å². The van der Waals surface area contributed by atoms with E-state index in [1.54, 1.807) is 0 Å². The zero-order valence-electron chi connectivity index (χ0n) is 12.3. The van der Waals surface area contributed by atoms with Crippen LogP contribution < -0.4 is 5.32 Å². The van der Waals surface area contributed by atoms with E-state index < -0.39 is 0 Å². The van der Waals surface area contributed by atoms with Gasteiger partial charge < -0.3 is 9.73 Å². The van der Waals surface area contributed by atoms with Crippen molar-refractivity contribution >= 4 is 11.0 Å². The third kappa shape index (κ3) is 3.38. The van der Waals surface area contributed by atoms with Crippen molar-refractivity contribution in [3.8, 4) is 0 Å². The van der Waals surface area contributed by atoms with Crippen molar-refractivity contribution in [2.45, 2.75) is 59.0 Å². The highest BCUT2D eigenvalue weighted by atomic mass is 16.3. The summed E-state index contributed by atoms with van der Waals surface area (Å²) >= 11 is 0. The van der Waals surface area contributed by atoms with E-state index in [-0.39, 0.29) is 0 Å². The van der Waals surface area contributed by atoms with Crippen LogP contribution in [0.25, 0.3) is 11.0 Å². The maximum atomic E-state index is 5.92. The first kappa shape index (κ1) is 14.1. The summed E-state index contributed by atoms with van der Waals surface area (Å²) in [4.78, 5) is 0. The lowest BCUT2D eigenvalue weighted by atomic mass is 10.1. The normalized spacial score (nSPS) is 13.0. The molecule has 1 heterocycles. The Morgan fingerprint density at radius 2 is 2.00 bits per heavy atom. The average molecular weight is 259 g/mol. The van der Waals surface area contributed by atoms with Crippen molar-refractivity contribution in [2.24, 2.45) is 0 Å². The highest BCUT2D eigenvalue weighted by Crippen LogP contribution is 2.26. The molecule has 2 nitrogen and oxygen atoms in total. The molecule has 19 heavy (non-hydrogen) atoms. The maximum absolute atomic E-state index is 5.92. The Morgan fingerprint density at radius 1 is 1.21 bits per heavy atom. The standard InChI is InChI=1S/C17H25NO/c1-4-6-9-13(3)18-12-15-14-10-7-8-11-17(14)19-16(15)5-2/h7-8,10-11,13,18H,4-6,9,12H2,1-3H3. The zero-order chi connectivity index (χ0) is 13.7. The van der Waals surface area contributed by atoms with Crippen LogP contribution in [0.2, 0.25) is 0 Å². The number of unbranched alkanes of at least 4 members (excludes halogenated alkanes) is 1.